The third kappa shape index (κ3) is 5.88. The zero-order chi connectivity index (χ0) is 20.9. The van der Waals surface area contributed by atoms with Gasteiger partial charge in [0.1, 0.15) is 0 Å². The predicted molar refractivity (Wildman–Crippen MR) is 129 cm³/mol. The van der Waals surface area contributed by atoms with Crippen LogP contribution >= 0.6 is 12.4 Å². The van der Waals surface area contributed by atoms with E-state index in [-0.39, 0.29) is 18.3 Å². The summed E-state index contributed by atoms with van der Waals surface area (Å²) in [6.07, 6.45) is 5.20. The van der Waals surface area contributed by atoms with Gasteiger partial charge in [-0.25, -0.2) is 0 Å². The minimum atomic E-state index is 0. The van der Waals surface area contributed by atoms with Gasteiger partial charge in [-0.1, -0.05) is 42.5 Å². The second-order valence-electron chi connectivity index (χ2n) is 8.77. The number of halogens is 1. The van der Waals surface area contributed by atoms with Crippen LogP contribution < -0.4 is 0 Å². The molecular weight excluding hydrogens is 408 g/mol. The Hall–Kier alpha value is -1.88. The molecule has 31 heavy (non-hydrogen) atoms. The predicted octanol–water partition coefficient (Wildman–Crippen LogP) is 4.72. The van der Waals surface area contributed by atoms with E-state index in [2.05, 4.69) is 54.3 Å². The Morgan fingerprint density at radius 3 is 2.55 bits per heavy atom. The number of rotatable bonds is 7. The first-order chi connectivity index (χ1) is 14.6. The molecule has 4 nitrogen and oxygen atoms in total. The Balaban J connectivity index is 0.00000272. The molecule has 2 aliphatic rings. The number of carbonyl (C=O) groups excluding carboxylic acids is 1. The number of methoxy groups -OCH3 is 1. The first-order valence-corrected chi connectivity index (χ1v) is 11.4. The molecule has 0 aliphatic carbocycles. The zero-order valence-corrected chi connectivity index (χ0v) is 19.6. The second kappa shape index (κ2) is 11.1. The number of carbonyl (C=O) groups is 1. The van der Waals surface area contributed by atoms with E-state index in [1.165, 1.54) is 53.7 Å². The van der Waals surface area contributed by atoms with Crippen LogP contribution in [0.5, 0.6) is 0 Å². The first-order valence-electron chi connectivity index (χ1n) is 11.4. The number of hydrogen-bond donors (Lipinski definition) is 0. The smallest absolute Gasteiger partial charge is 0.225 e. The SMILES string of the molecule is COCCC(=O)N1CCc2cc(-c3ccc(CCN4CCCC4C)cc3)ccc2C1.Cl. The van der Waals surface area contributed by atoms with E-state index in [0.717, 1.165) is 25.4 Å². The lowest BCUT2D eigenvalue weighted by Gasteiger charge is -2.29. The number of nitrogens with zero attached hydrogens (tertiary/aromatic N) is 2. The highest BCUT2D eigenvalue weighted by Crippen LogP contribution is 2.27. The summed E-state index contributed by atoms with van der Waals surface area (Å²) in [6, 6.07) is 16.5. The summed E-state index contributed by atoms with van der Waals surface area (Å²) in [6.45, 7) is 6.77. The van der Waals surface area contributed by atoms with Gasteiger partial charge in [0, 0.05) is 32.8 Å². The van der Waals surface area contributed by atoms with Crippen LogP contribution in [0.15, 0.2) is 42.5 Å². The molecule has 1 amide bonds. The van der Waals surface area contributed by atoms with Gasteiger partial charge in [0.15, 0.2) is 0 Å². The van der Waals surface area contributed by atoms with Crippen molar-refractivity contribution in [3.63, 3.8) is 0 Å². The van der Waals surface area contributed by atoms with Gasteiger partial charge >= 0.3 is 0 Å². The van der Waals surface area contributed by atoms with Crippen molar-refractivity contribution in [2.45, 2.75) is 51.6 Å². The number of hydrogen-bond acceptors (Lipinski definition) is 3. The highest BCUT2D eigenvalue weighted by molar-refractivity contribution is 5.85. The fourth-order valence-electron chi connectivity index (χ4n) is 4.75. The topological polar surface area (TPSA) is 32.8 Å². The second-order valence-corrected chi connectivity index (χ2v) is 8.77. The Morgan fingerprint density at radius 2 is 1.84 bits per heavy atom. The van der Waals surface area contributed by atoms with Gasteiger partial charge in [-0.2, -0.15) is 0 Å². The van der Waals surface area contributed by atoms with Crippen LogP contribution in [-0.2, 0) is 28.9 Å². The van der Waals surface area contributed by atoms with Crippen molar-refractivity contribution in [2.24, 2.45) is 0 Å². The van der Waals surface area contributed by atoms with Crippen LogP contribution in [0.2, 0.25) is 0 Å². The van der Waals surface area contributed by atoms with Crippen molar-refractivity contribution < 1.29 is 9.53 Å². The quantitative estimate of drug-likeness (QED) is 0.621. The summed E-state index contributed by atoms with van der Waals surface area (Å²) in [5, 5.41) is 0. The van der Waals surface area contributed by atoms with E-state index in [1.54, 1.807) is 7.11 Å². The summed E-state index contributed by atoms with van der Waals surface area (Å²) >= 11 is 0. The first kappa shape index (κ1) is 23.8. The Morgan fingerprint density at radius 1 is 1.06 bits per heavy atom. The summed E-state index contributed by atoms with van der Waals surface area (Å²) in [4.78, 5) is 16.9. The fourth-order valence-corrected chi connectivity index (χ4v) is 4.75. The van der Waals surface area contributed by atoms with Crippen LogP contribution in [-0.4, -0.2) is 55.1 Å². The average Bonchev–Trinajstić information content (AvgIpc) is 3.20. The molecule has 2 aromatic carbocycles. The molecule has 5 heteroatoms. The van der Waals surface area contributed by atoms with Crippen LogP contribution in [0.1, 0.15) is 42.9 Å². The monoisotopic (exact) mass is 442 g/mol. The van der Waals surface area contributed by atoms with Crippen molar-refractivity contribution in [1.82, 2.24) is 9.80 Å². The molecule has 1 atom stereocenters. The largest absolute Gasteiger partial charge is 0.384 e. The van der Waals surface area contributed by atoms with Gasteiger partial charge in [-0.3, -0.25) is 4.79 Å². The molecule has 0 bridgehead atoms. The van der Waals surface area contributed by atoms with Crippen molar-refractivity contribution in [3.05, 3.63) is 59.2 Å². The van der Waals surface area contributed by atoms with Gasteiger partial charge in [-0.05, 0) is 67.0 Å². The molecule has 0 radical (unpaired) electrons. The highest BCUT2D eigenvalue weighted by atomic mass is 35.5. The summed E-state index contributed by atoms with van der Waals surface area (Å²) < 4.78 is 5.04. The molecule has 0 aromatic heterocycles. The lowest BCUT2D eigenvalue weighted by atomic mass is 9.94. The standard InChI is InChI=1S/C26H34N2O2.ClH/c1-20-4-3-14-27(20)15-11-21-5-7-22(8-6-21)23-9-10-25-19-28(16-12-24(25)18-23)26(29)13-17-30-2;/h5-10,18,20H,3-4,11-17,19H2,1-2H3;1H. The van der Waals surface area contributed by atoms with E-state index in [0.29, 0.717) is 19.6 Å². The molecule has 2 heterocycles. The van der Waals surface area contributed by atoms with E-state index in [4.69, 9.17) is 4.74 Å². The van der Waals surface area contributed by atoms with Crippen molar-refractivity contribution in [2.75, 3.05) is 33.4 Å². The van der Waals surface area contributed by atoms with E-state index >= 15 is 0 Å². The zero-order valence-electron chi connectivity index (χ0n) is 18.8. The third-order valence-electron chi connectivity index (χ3n) is 6.76. The fraction of sp³-hybridized carbons (Fsp3) is 0.500. The van der Waals surface area contributed by atoms with Gasteiger partial charge in [0.05, 0.1) is 13.0 Å². The molecule has 0 saturated carbocycles. The number of benzene rings is 2. The van der Waals surface area contributed by atoms with E-state index < -0.39 is 0 Å². The summed E-state index contributed by atoms with van der Waals surface area (Å²) in [7, 11) is 1.64. The van der Waals surface area contributed by atoms with Gasteiger partial charge in [-0.15, -0.1) is 12.4 Å². The Bertz CT molecular complexity index is 868. The molecule has 2 aromatic rings. The average molecular weight is 443 g/mol. The lowest BCUT2D eigenvalue weighted by Crippen LogP contribution is -2.36. The maximum atomic E-state index is 12.3. The number of ether oxygens (including phenoxy) is 1. The summed E-state index contributed by atoms with van der Waals surface area (Å²) in [5.41, 5.74) is 6.60. The third-order valence-corrected chi connectivity index (χ3v) is 6.76. The number of amides is 1. The highest BCUT2D eigenvalue weighted by Gasteiger charge is 2.21. The minimum Gasteiger partial charge on any atom is -0.384 e. The van der Waals surface area contributed by atoms with Crippen molar-refractivity contribution >= 4 is 18.3 Å². The molecular formula is C26H35ClN2O2. The molecule has 1 fully saturated rings. The molecule has 0 spiro atoms. The maximum Gasteiger partial charge on any atom is 0.225 e. The van der Waals surface area contributed by atoms with Crippen LogP contribution in [0.25, 0.3) is 11.1 Å². The molecule has 0 N–H and O–H groups in total. The van der Waals surface area contributed by atoms with Gasteiger partial charge < -0.3 is 14.5 Å². The molecule has 168 valence electrons. The summed E-state index contributed by atoms with van der Waals surface area (Å²) in [5.74, 6) is 0.186. The molecule has 2 aliphatic heterocycles. The lowest BCUT2D eigenvalue weighted by molar-refractivity contribution is -0.133. The Kier molecular flexibility index (Phi) is 8.53. The molecule has 1 saturated heterocycles. The van der Waals surface area contributed by atoms with Crippen LogP contribution in [0.4, 0.5) is 0 Å². The molecule has 1 unspecified atom stereocenters. The van der Waals surface area contributed by atoms with Crippen molar-refractivity contribution in [3.8, 4) is 11.1 Å². The number of likely N-dealkylation sites (tertiary alicyclic amines) is 1. The minimum absolute atomic E-state index is 0. The van der Waals surface area contributed by atoms with Gasteiger partial charge in [0.25, 0.3) is 0 Å². The maximum absolute atomic E-state index is 12.3. The van der Waals surface area contributed by atoms with Crippen molar-refractivity contribution in [1.29, 1.82) is 0 Å². The Labute approximate surface area is 193 Å². The van der Waals surface area contributed by atoms with E-state index in [1.807, 2.05) is 4.90 Å². The number of fused-ring (bicyclic) bond motifs is 1. The van der Waals surface area contributed by atoms with E-state index in [9.17, 15) is 4.79 Å². The molecule has 4 rings (SSSR count). The normalized spacial score (nSPS) is 18.5. The van der Waals surface area contributed by atoms with Crippen LogP contribution in [0.3, 0.4) is 0 Å². The van der Waals surface area contributed by atoms with Gasteiger partial charge in [0.2, 0.25) is 5.91 Å². The van der Waals surface area contributed by atoms with Crippen LogP contribution in [0, 0.1) is 0 Å².